The van der Waals surface area contributed by atoms with Crippen molar-refractivity contribution in [3.63, 3.8) is 0 Å². The van der Waals surface area contributed by atoms with Crippen LogP contribution in [0.2, 0.25) is 0 Å². The lowest BCUT2D eigenvalue weighted by Gasteiger charge is -2.35. The van der Waals surface area contributed by atoms with Gasteiger partial charge in [-0.05, 0) is 60.4 Å². The van der Waals surface area contributed by atoms with E-state index in [9.17, 15) is 0 Å². The Labute approximate surface area is 215 Å². The molecule has 1 unspecified atom stereocenters. The van der Waals surface area contributed by atoms with Gasteiger partial charge < -0.3 is 0 Å². The first-order valence-corrected chi connectivity index (χ1v) is 12.9. The van der Waals surface area contributed by atoms with Crippen LogP contribution in [-0.2, 0) is 19.3 Å². The topological polar surface area (TPSA) is 0 Å². The zero-order valence-electron chi connectivity index (χ0n) is 19.4. The molecule has 0 saturated carbocycles. The van der Waals surface area contributed by atoms with Crippen molar-refractivity contribution in [3.05, 3.63) is 108 Å². The summed E-state index contributed by atoms with van der Waals surface area (Å²) in [4.78, 5) is 0. The Morgan fingerprint density at radius 2 is 0.812 bits per heavy atom. The van der Waals surface area contributed by atoms with E-state index >= 15 is 0 Å². The second-order valence-electron chi connectivity index (χ2n) is 9.15. The lowest BCUT2D eigenvalue weighted by Crippen LogP contribution is -2.30. The van der Waals surface area contributed by atoms with E-state index in [0.717, 1.165) is 19.3 Å². The van der Waals surface area contributed by atoms with Crippen molar-refractivity contribution in [2.24, 2.45) is 5.41 Å². The van der Waals surface area contributed by atoms with E-state index in [4.69, 9.17) is 0 Å². The summed E-state index contributed by atoms with van der Waals surface area (Å²) in [5, 5.41) is 0. The number of rotatable bonds is 14. The minimum absolute atomic E-state index is 0. The predicted octanol–water partition coefficient (Wildman–Crippen LogP) is 8.92. The second-order valence-corrected chi connectivity index (χ2v) is 9.72. The molecule has 3 rings (SSSR count). The zero-order valence-corrected chi connectivity index (χ0v) is 22.9. The molecule has 0 amide bonds. The molecule has 0 N–H and O–H groups in total. The smallest absolute Gasteiger partial charge is 0.0176 e. The van der Waals surface area contributed by atoms with Gasteiger partial charge in [0.15, 0.2) is 0 Å². The highest BCUT2D eigenvalue weighted by molar-refractivity contribution is 14.0. The molecule has 2 heteroatoms. The monoisotopic (exact) mass is 558 g/mol. The molecule has 0 radical (unpaired) electrons. The Morgan fingerprint density at radius 1 is 0.469 bits per heavy atom. The maximum atomic E-state index is 2.86. The Bertz CT molecular complexity index is 731. The molecule has 0 fully saturated rings. The number of hydrogen-bond acceptors (Lipinski definition) is 0. The minimum Gasteiger partial charge on any atom is -0.138 e. The fraction of sp³-hybridized carbons (Fsp3) is 0.400. The van der Waals surface area contributed by atoms with E-state index in [1.165, 1.54) is 67.8 Å². The summed E-state index contributed by atoms with van der Waals surface area (Å²) >= 11 is 0. The molecule has 32 heavy (non-hydrogen) atoms. The van der Waals surface area contributed by atoms with Crippen LogP contribution in [0.5, 0.6) is 0 Å². The van der Waals surface area contributed by atoms with Crippen molar-refractivity contribution in [2.75, 3.05) is 6.16 Å². The molecule has 3 aromatic rings. The highest BCUT2D eigenvalue weighted by Gasteiger charge is 2.30. The molecule has 172 valence electrons. The van der Waals surface area contributed by atoms with Gasteiger partial charge in [0.1, 0.15) is 0 Å². The molecule has 0 bridgehead atoms. The number of unbranched alkanes of at least 4 members (excludes halogenated alkanes) is 5. The van der Waals surface area contributed by atoms with Gasteiger partial charge in [0, 0.05) is 0 Å². The van der Waals surface area contributed by atoms with Crippen molar-refractivity contribution < 1.29 is 0 Å². The molecule has 0 nitrogen and oxygen atoms in total. The highest BCUT2D eigenvalue weighted by Crippen LogP contribution is 2.37. The average molecular weight is 559 g/mol. The molecule has 0 spiro atoms. The molecule has 0 aliphatic rings. The number of hydrogen-bond donors (Lipinski definition) is 0. The van der Waals surface area contributed by atoms with E-state index < -0.39 is 0 Å². The molecular formula is C30H40IP. The van der Waals surface area contributed by atoms with Crippen molar-refractivity contribution in [1.82, 2.24) is 0 Å². The highest BCUT2D eigenvalue weighted by atomic mass is 127. The van der Waals surface area contributed by atoms with Crippen LogP contribution < -0.4 is 0 Å². The van der Waals surface area contributed by atoms with Crippen LogP contribution in [-0.4, -0.2) is 6.16 Å². The summed E-state index contributed by atoms with van der Waals surface area (Å²) < 4.78 is 0. The first-order valence-electron chi connectivity index (χ1n) is 12.1. The molecule has 3 aromatic carbocycles. The van der Waals surface area contributed by atoms with Gasteiger partial charge in [-0.3, -0.25) is 0 Å². The fourth-order valence-electron chi connectivity index (χ4n) is 4.89. The van der Waals surface area contributed by atoms with E-state index in [1.807, 2.05) is 0 Å². The Kier molecular flexibility index (Phi) is 13.2. The van der Waals surface area contributed by atoms with Gasteiger partial charge in [-0.25, -0.2) is 0 Å². The second kappa shape index (κ2) is 15.6. The lowest BCUT2D eigenvalue weighted by molar-refractivity contribution is 0.243. The van der Waals surface area contributed by atoms with Crippen LogP contribution in [0.1, 0.15) is 61.6 Å². The van der Waals surface area contributed by atoms with E-state index in [-0.39, 0.29) is 29.4 Å². The minimum atomic E-state index is 0. The standard InChI is InChI=1S/C30H39P.HI/c31-23-15-4-2-1-3-14-22-30(24-27-16-8-5-9-17-27,25-28-18-10-6-11-19-28)26-29-20-12-7-13-21-29;/h5-13,16-21H,1-4,14-15,22-26,31H2;1H. The maximum Gasteiger partial charge on any atom is -0.0176 e. The third kappa shape index (κ3) is 9.75. The Hall–Kier alpha value is -1.18. The van der Waals surface area contributed by atoms with Crippen molar-refractivity contribution in [2.45, 2.75) is 64.2 Å². The maximum absolute atomic E-state index is 2.86. The first kappa shape index (κ1) is 27.1. The van der Waals surface area contributed by atoms with Crippen LogP contribution >= 0.6 is 33.2 Å². The third-order valence-electron chi connectivity index (χ3n) is 6.43. The van der Waals surface area contributed by atoms with Gasteiger partial charge in [0.2, 0.25) is 0 Å². The molecular weight excluding hydrogens is 518 g/mol. The van der Waals surface area contributed by atoms with Crippen LogP contribution in [0.4, 0.5) is 0 Å². The van der Waals surface area contributed by atoms with Crippen LogP contribution in [0.3, 0.4) is 0 Å². The largest absolute Gasteiger partial charge is 0.138 e. The molecule has 0 aromatic heterocycles. The van der Waals surface area contributed by atoms with Crippen LogP contribution in [0.15, 0.2) is 91.0 Å². The Morgan fingerprint density at radius 3 is 1.19 bits per heavy atom. The summed E-state index contributed by atoms with van der Waals surface area (Å²) in [5.41, 5.74) is 4.66. The van der Waals surface area contributed by atoms with E-state index in [0.29, 0.717) is 0 Å². The summed E-state index contributed by atoms with van der Waals surface area (Å²) in [6.45, 7) is 0. The van der Waals surface area contributed by atoms with Gasteiger partial charge in [-0.1, -0.05) is 123 Å². The normalized spacial score (nSPS) is 11.2. The van der Waals surface area contributed by atoms with Crippen molar-refractivity contribution >= 4 is 33.2 Å². The molecule has 0 aliphatic carbocycles. The molecule has 0 aliphatic heterocycles. The van der Waals surface area contributed by atoms with E-state index in [2.05, 4.69) is 100 Å². The SMILES string of the molecule is I.PCCCCCCCCC(Cc1ccccc1)(Cc1ccccc1)Cc1ccccc1. The zero-order chi connectivity index (χ0) is 21.6. The summed E-state index contributed by atoms with van der Waals surface area (Å²) in [6.07, 6.45) is 14.1. The lowest BCUT2D eigenvalue weighted by atomic mass is 9.69. The van der Waals surface area contributed by atoms with Crippen LogP contribution in [0, 0.1) is 5.41 Å². The summed E-state index contributed by atoms with van der Waals surface area (Å²) in [6, 6.07) is 33.4. The van der Waals surface area contributed by atoms with Crippen molar-refractivity contribution in [3.8, 4) is 0 Å². The van der Waals surface area contributed by atoms with Gasteiger partial charge in [-0.15, -0.1) is 33.2 Å². The molecule has 0 saturated heterocycles. The van der Waals surface area contributed by atoms with Gasteiger partial charge >= 0.3 is 0 Å². The predicted molar refractivity (Wildman–Crippen MR) is 155 cm³/mol. The van der Waals surface area contributed by atoms with E-state index in [1.54, 1.807) is 0 Å². The fourth-order valence-corrected chi connectivity index (χ4v) is 5.18. The van der Waals surface area contributed by atoms with Gasteiger partial charge in [0.05, 0.1) is 0 Å². The van der Waals surface area contributed by atoms with Gasteiger partial charge in [-0.2, -0.15) is 0 Å². The molecule has 0 heterocycles. The summed E-state index contributed by atoms with van der Waals surface area (Å²) in [5.74, 6) is 0. The quantitative estimate of drug-likeness (QED) is 0.105. The first-order chi connectivity index (χ1) is 15.3. The number of halogens is 1. The average Bonchev–Trinajstić information content (AvgIpc) is 2.80. The molecule has 1 atom stereocenters. The third-order valence-corrected chi connectivity index (χ3v) is 6.84. The summed E-state index contributed by atoms with van der Waals surface area (Å²) in [7, 11) is 2.86. The Balaban J connectivity index is 0.00000363. The van der Waals surface area contributed by atoms with Crippen LogP contribution in [0.25, 0.3) is 0 Å². The van der Waals surface area contributed by atoms with Crippen molar-refractivity contribution in [1.29, 1.82) is 0 Å². The van der Waals surface area contributed by atoms with Gasteiger partial charge in [0.25, 0.3) is 0 Å². The number of benzene rings is 3.